The van der Waals surface area contributed by atoms with Gasteiger partial charge in [0.2, 0.25) is 5.95 Å². The summed E-state index contributed by atoms with van der Waals surface area (Å²) >= 11 is 12.1. The van der Waals surface area contributed by atoms with Gasteiger partial charge in [-0.2, -0.15) is 0 Å². The first-order valence-electron chi connectivity index (χ1n) is 5.39. The molecule has 0 bridgehead atoms. The first-order chi connectivity index (χ1) is 8.67. The monoisotopic (exact) mass is 289 g/mol. The van der Waals surface area contributed by atoms with E-state index >= 15 is 0 Å². The van der Waals surface area contributed by atoms with Crippen LogP contribution in [-0.2, 0) is 11.5 Å². The Morgan fingerprint density at radius 1 is 1.44 bits per heavy atom. The Morgan fingerprint density at radius 2 is 2.22 bits per heavy atom. The van der Waals surface area contributed by atoms with E-state index in [1.54, 1.807) is 19.2 Å². The highest BCUT2D eigenvalue weighted by atomic mass is 35.5. The van der Waals surface area contributed by atoms with Crippen molar-refractivity contribution in [3.05, 3.63) is 22.2 Å². The largest absolute Gasteiger partial charge is 0.394 e. The standard InChI is InChI=1S/C11H13Cl2N3O2/c1-14-11-15-10-8(13)4-7(12)5-9(10)16(11)6-18-3-2-17/h4-5,17H,2-3,6H2,1H3,(H,14,15). The third kappa shape index (κ3) is 2.54. The molecule has 5 nitrogen and oxygen atoms in total. The van der Waals surface area contributed by atoms with Crippen LogP contribution in [0.1, 0.15) is 0 Å². The molecule has 2 rings (SSSR count). The Labute approximate surface area is 114 Å². The van der Waals surface area contributed by atoms with Gasteiger partial charge in [0, 0.05) is 12.1 Å². The van der Waals surface area contributed by atoms with Gasteiger partial charge in [-0.25, -0.2) is 4.98 Å². The second-order valence-electron chi connectivity index (χ2n) is 3.63. The summed E-state index contributed by atoms with van der Waals surface area (Å²) in [6.45, 7) is 0.504. The molecule has 1 heterocycles. The molecule has 1 aromatic heterocycles. The van der Waals surface area contributed by atoms with E-state index in [0.717, 1.165) is 5.52 Å². The number of ether oxygens (including phenoxy) is 1. The highest BCUT2D eigenvalue weighted by Gasteiger charge is 2.13. The van der Waals surface area contributed by atoms with Crippen molar-refractivity contribution in [2.45, 2.75) is 6.73 Å². The van der Waals surface area contributed by atoms with Crippen LogP contribution in [0.5, 0.6) is 0 Å². The number of aliphatic hydroxyl groups excluding tert-OH is 1. The molecular weight excluding hydrogens is 277 g/mol. The van der Waals surface area contributed by atoms with Crippen LogP contribution in [0.3, 0.4) is 0 Å². The fourth-order valence-electron chi connectivity index (χ4n) is 1.69. The fourth-order valence-corrected chi connectivity index (χ4v) is 2.22. The average molecular weight is 290 g/mol. The molecule has 98 valence electrons. The molecule has 0 radical (unpaired) electrons. The Kier molecular flexibility index (Phi) is 4.29. The van der Waals surface area contributed by atoms with Crippen molar-refractivity contribution in [1.82, 2.24) is 9.55 Å². The zero-order valence-electron chi connectivity index (χ0n) is 9.78. The molecule has 0 unspecified atom stereocenters. The summed E-state index contributed by atoms with van der Waals surface area (Å²) in [5, 5.41) is 12.7. The van der Waals surface area contributed by atoms with Gasteiger partial charge in [0.15, 0.2) is 0 Å². The molecule has 0 saturated heterocycles. The van der Waals surface area contributed by atoms with E-state index in [1.807, 2.05) is 4.57 Å². The summed E-state index contributed by atoms with van der Waals surface area (Å²) in [5.41, 5.74) is 1.45. The molecule has 0 saturated carbocycles. The molecule has 0 aliphatic rings. The van der Waals surface area contributed by atoms with Crippen LogP contribution in [-0.4, -0.2) is 34.9 Å². The Morgan fingerprint density at radius 3 is 2.89 bits per heavy atom. The number of hydrogen-bond acceptors (Lipinski definition) is 4. The molecule has 0 atom stereocenters. The van der Waals surface area contributed by atoms with Gasteiger partial charge in [-0.15, -0.1) is 0 Å². The molecule has 0 aliphatic carbocycles. The number of fused-ring (bicyclic) bond motifs is 1. The maximum Gasteiger partial charge on any atom is 0.205 e. The fraction of sp³-hybridized carbons (Fsp3) is 0.364. The van der Waals surface area contributed by atoms with E-state index in [9.17, 15) is 0 Å². The maximum atomic E-state index is 8.72. The summed E-state index contributed by atoms with van der Waals surface area (Å²) in [4.78, 5) is 4.37. The van der Waals surface area contributed by atoms with E-state index in [4.69, 9.17) is 33.0 Å². The van der Waals surface area contributed by atoms with Crippen LogP contribution in [0.4, 0.5) is 5.95 Å². The molecular formula is C11H13Cl2N3O2. The average Bonchev–Trinajstić information content (AvgIpc) is 2.68. The van der Waals surface area contributed by atoms with Gasteiger partial charge in [0.25, 0.3) is 0 Å². The molecule has 2 N–H and O–H groups in total. The van der Waals surface area contributed by atoms with Gasteiger partial charge in [0.05, 0.1) is 23.8 Å². The van der Waals surface area contributed by atoms with Gasteiger partial charge in [-0.3, -0.25) is 4.57 Å². The number of halogens is 2. The second-order valence-corrected chi connectivity index (χ2v) is 4.47. The van der Waals surface area contributed by atoms with Crippen molar-refractivity contribution >= 4 is 40.2 Å². The quantitative estimate of drug-likeness (QED) is 0.830. The molecule has 2 aromatic rings. The second kappa shape index (κ2) is 5.75. The molecule has 1 aromatic carbocycles. The minimum Gasteiger partial charge on any atom is -0.394 e. The number of benzene rings is 1. The van der Waals surface area contributed by atoms with Crippen LogP contribution >= 0.6 is 23.2 Å². The topological polar surface area (TPSA) is 59.3 Å². The number of imidazole rings is 1. The number of nitrogens with one attached hydrogen (secondary N) is 1. The molecule has 0 spiro atoms. The summed E-state index contributed by atoms with van der Waals surface area (Å²) in [5.74, 6) is 0.632. The predicted molar refractivity (Wildman–Crippen MR) is 72.3 cm³/mol. The van der Waals surface area contributed by atoms with Gasteiger partial charge in [0.1, 0.15) is 12.2 Å². The molecule has 0 amide bonds. The highest BCUT2D eigenvalue weighted by Crippen LogP contribution is 2.29. The number of rotatable bonds is 5. The van der Waals surface area contributed by atoms with Gasteiger partial charge in [-0.05, 0) is 12.1 Å². The van der Waals surface area contributed by atoms with Crippen LogP contribution in [0.25, 0.3) is 11.0 Å². The van der Waals surface area contributed by atoms with Crippen molar-refractivity contribution in [3.8, 4) is 0 Å². The molecule has 0 fully saturated rings. The van der Waals surface area contributed by atoms with Gasteiger partial charge >= 0.3 is 0 Å². The first kappa shape index (κ1) is 13.4. The van der Waals surface area contributed by atoms with Crippen LogP contribution < -0.4 is 5.32 Å². The Hall–Kier alpha value is -1.01. The predicted octanol–water partition coefficient (Wildman–Crippen LogP) is 2.35. The zero-order chi connectivity index (χ0) is 13.1. The SMILES string of the molecule is CNc1nc2c(Cl)cc(Cl)cc2n1COCCO. The van der Waals surface area contributed by atoms with E-state index in [0.29, 0.717) is 21.5 Å². The first-order valence-corrected chi connectivity index (χ1v) is 6.14. The summed E-state index contributed by atoms with van der Waals surface area (Å²) in [7, 11) is 1.76. The van der Waals surface area contributed by atoms with Crippen molar-refractivity contribution in [1.29, 1.82) is 0 Å². The maximum absolute atomic E-state index is 8.72. The lowest BCUT2D eigenvalue weighted by Gasteiger charge is -2.08. The Balaban J connectivity index is 2.47. The third-order valence-electron chi connectivity index (χ3n) is 2.45. The third-order valence-corrected chi connectivity index (χ3v) is 2.96. The van der Waals surface area contributed by atoms with E-state index < -0.39 is 0 Å². The lowest BCUT2D eigenvalue weighted by Crippen LogP contribution is -2.08. The minimum atomic E-state index is -0.0248. The summed E-state index contributed by atoms with van der Waals surface area (Å²) in [6, 6.07) is 3.43. The number of anilines is 1. The summed E-state index contributed by atoms with van der Waals surface area (Å²) < 4.78 is 7.11. The summed E-state index contributed by atoms with van der Waals surface area (Å²) in [6.07, 6.45) is 0. The van der Waals surface area contributed by atoms with Crippen LogP contribution in [0, 0.1) is 0 Å². The number of hydrogen-bond donors (Lipinski definition) is 2. The highest BCUT2D eigenvalue weighted by molar-refractivity contribution is 6.38. The Bertz CT molecular complexity index is 557. The van der Waals surface area contributed by atoms with E-state index in [-0.39, 0.29) is 19.9 Å². The molecule has 0 aliphatic heterocycles. The normalized spacial score (nSPS) is 11.1. The number of aromatic nitrogens is 2. The zero-order valence-corrected chi connectivity index (χ0v) is 11.3. The van der Waals surface area contributed by atoms with E-state index in [2.05, 4.69) is 10.3 Å². The van der Waals surface area contributed by atoms with Gasteiger partial charge < -0.3 is 15.2 Å². The number of aliphatic hydroxyl groups is 1. The lowest BCUT2D eigenvalue weighted by molar-refractivity contribution is 0.0511. The number of nitrogens with zero attached hydrogens (tertiary/aromatic N) is 2. The minimum absolute atomic E-state index is 0.0248. The smallest absolute Gasteiger partial charge is 0.205 e. The van der Waals surface area contributed by atoms with E-state index in [1.165, 1.54) is 0 Å². The molecule has 7 heteroatoms. The van der Waals surface area contributed by atoms with Crippen molar-refractivity contribution in [2.24, 2.45) is 0 Å². The van der Waals surface area contributed by atoms with Crippen molar-refractivity contribution in [2.75, 3.05) is 25.6 Å². The van der Waals surface area contributed by atoms with Crippen LogP contribution in [0.15, 0.2) is 12.1 Å². The van der Waals surface area contributed by atoms with Crippen molar-refractivity contribution < 1.29 is 9.84 Å². The van der Waals surface area contributed by atoms with Crippen molar-refractivity contribution in [3.63, 3.8) is 0 Å². The lowest BCUT2D eigenvalue weighted by atomic mass is 10.3. The van der Waals surface area contributed by atoms with Crippen LogP contribution in [0.2, 0.25) is 10.0 Å². The van der Waals surface area contributed by atoms with Gasteiger partial charge in [-0.1, -0.05) is 23.2 Å². The molecule has 18 heavy (non-hydrogen) atoms.